The molecule has 0 radical (unpaired) electrons. The summed E-state index contributed by atoms with van der Waals surface area (Å²) in [4.78, 5) is 47.6. The molecule has 8 atom stereocenters. The molecule has 10 nitrogen and oxygen atoms in total. The van der Waals surface area contributed by atoms with Crippen molar-refractivity contribution < 1.29 is 29.0 Å². The number of H-pyrrole nitrogens is 2. The Hall–Kier alpha value is -4.73. The Morgan fingerprint density at radius 3 is 2.08 bits per heavy atom. The Morgan fingerprint density at radius 1 is 0.800 bits per heavy atom. The summed E-state index contributed by atoms with van der Waals surface area (Å²) in [5.74, 6) is 0.576. The molecule has 3 aliphatic heterocycles. The summed E-state index contributed by atoms with van der Waals surface area (Å²) >= 11 is 0. The maximum atomic E-state index is 13.7. The van der Waals surface area contributed by atoms with Crippen LogP contribution >= 0.6 is 0 Å². The van der Waals surface area contributed by atoms with Crippen LogP contribution in [-0.4, -0.2) is 52.6 Å². The predicted octanol–water partition coefficient (Wildman–Crippen LogP) is 10.7. The molecular formula is C55H80N4O6. The van der Waals surface area contributed by atoms with Crippen molar-refractivity contribution in [2.45, 2.75) is 159 Å². The first-order valence-electron chi connectivity index (χ1n) is 24.9. The van der Waals surface area contributed by atoms with E-state index in [1.807, 2.05) is 19.9 Å². The van der Waals surface area contributed by atoms with Crippen molar-refractivity contribution in [1.29, 1.82) is 0 Å². The molecule has 1 aliphatic carbocycles. The van der Waals surface area contributed by atoms with Crippen molar-refractivity contribution >= 4 is 47.3 Å². The Kier molecular flexibility index (Phi) is 16.6. The number of nitrogens with one attached hydrogen (secondary N) is 4. The number of aromatic amines is 2. The molecule has 5 heterocycles. The molecule has 1 unspecified atom stereocenters. The summed E-state index contributed by atoms with van der Waals surface area (Å²) in [6.07, 6.45) is 21.2. The van der Waals surface area contributed by atoms with Gasteiger partial charge in [-0.1, -0.05) is 99.0 Å². The zero-order chi connectivity index (χ0) is 47.3. The average molecular weight is 893 g/mol. The van der Waals surface area contributed by atoms with Crippen LogP contribution in [-0.2, 0) is 19.1 Å². The van der Waals surface area contributed by atoms with Crippen LogP contribution < -0.4 is 21.2 Å². The van der Waals surface area contributed by atoms with Crippen LogP contribution in [0.4, 0.5) is 0 Å². The van der Waals surface area contributed by atoms with Crippen LogP contribution in [0.25, 0.3) is 29.6 Å². The van der Waals surface area contributed by atoms with Crippen LogP contribution in [0.1, 0.15) is 178 Å². The maximum Gasteiger partial charge on any atom is 0.320 e. The second kappa shape index (κ2) is 21.7. The number of fused-ring (bicyclic) bond motifs is 8. The number of hydrogen-bond donors (Lipinski definition) is 5. The van der Waals surface area contributed by atoms with Crippen LogP contribution in [0.15, 0.2) is 28.7 Å². The number of allylic oxidation sites excluding steroid dienone is 4. The fraction of sp³-hybridized carbons (Fsp3) is 0.618. The molecule has 0 amide bonds. The molecule has 0 aromatic carbocycles. The van der Waals surface area contributed by atoms with E-state index in [1.54, 1.807) is 6.92 Å². The van der Waals surface area contributed by atoms with E-state index in [4.69, 9.17) is 9.47 Å². The number of aliphatic hydroxyl groups is 1. The fourth-order valence-electron chi connectivity index (χ4n) is 11.3. The van der Waals surface area contributed by atoms with Gasteiger partial charge in [-0.3, -0.25) is 14.4 Å². The molecule has 8 bridgehead atoms. The van der Waals surface area contributed by atoms with Gasteiger partial charge in [-0.25, -0.2) is 0 Å². The lowest BCUT2D eigenvalue weighted by Crippen LogP contribution is -2.38. The van der Waals surface area contributed by atoms with Crippen molar-refractivity contribution in [2.75, 3.05) is 13.7 Å². The number of aromatic nitrogens is 2. The number of carbonyl (C=O) groups excluding carboxylic acids is 3. The van der Waals surface area contributed by atoms with E-state index in [-0.39, 0.29) is 54.2 Å². The van der Waals surface area contributed by atoms with Crippen molar-refractivity contribution in [3.05, 3.63) is 73.1 Å². The van der Waals surface area contributed by atoms with Crippen molar-refractivity contribution in [3.63, 3.8) is 0 Å². The zero-order valence-corrected chi connectivity index (χ0v) is 41.7. The highest BCUT2D eigenvalue weighted by Gasteiger charge is 2.47. The Bertz CT molecular complexity index is 2340. The van der Waals surface area contributed by atoms with Gasteiger partial charge in [-0.15, -0.1) is 0 Å². The second-order valence-corrected chi connectivity index (χ2v) is 20.7. The number of Topliss-reactive ketones (excluding diaryl/α,β-unsaturated/α-hetero) is 1. The van der Waals surface area contributed by atoms with E-state index in [2.05, 4.69) is 94.2 Å². The highest BCUT2D eigenvalue weighted by atomic mass is 16.5. The molecule has 2 fully saturated rings. The molecule has 65 heavy (non-hydrogen) atoms. The minimum atomic E-state index is -1.02. The zero-order valence-electron chi connectivity index (χ0n) is 41.7. The normalized spacial score (nSPS) is 25.9. The molecular weight excluding hydrogens is 813 g/mol. The van der Waals surface area contributed by atoms with E-state index in [0.717, 1.165) is 82.3 Å². The van der Waals surface area contributed by atoms with Gasteiger partial charge >= 0.3 is 11.9 Å². The maximum absolute atomic E-state index is 13.7. The minimum absolute atomic E-state index is 0.0169. The highest BCUT2D eigenvalue weighted by Crippen LogP contribution is 2.43. The summed E-state index contributed by atoms with van der Waals surface area (Å²) in [7, 11) is 1.35. The van der Waals surface area contributed by atoms with Gasteiger partial charge in [0.1, 0.15) is 18.3 Å². The fourth-order valence-corrected chi connectivity index (χ4v) is 11.3. The largest absolute Gasteiger partial charge is 0.510 e. The number of ether oxygens (including phenoxy) is 2. The Morgan fingerprint density at radius 2 is 1.43 bits per heavy atom. The van der Waals surface area contributed by atoms with Gasteiger partial charge in [0.2, 0.25) is 0 Å². The quantitative estimate of drug-likeness (QED) is 0.0502. The van der Waals surface area contributed by atoms with Gasteiger partial charge in [0.15, 0.2) is 5.78 Å². The Balaban J connectivity index is 1.21. The number of ketones is 1. The van der Waals surface area contributed by atoms with E-state index >= 15 is 0 Å². The number of aliphatic hydroxyl groups excluding tert-OH is 1. The minimum Gasteiger partial charge on any atom is -0.510 e. The molecule has 0 spiro atoms. The third-order valence-corrected chi connectivity index (χ3v) is 15.4. The number of hydrogen-bond acceptors (Lipinski definition) is 8. The van der Waals surface area contributed by atoms with Crippen LogP contribution in [0, 0.1) is 61.2 Å². The molecule has 356 valence electrons. The van der Waals surface area contributed by atoms with Gasteiger partial charge in [0.05, 0.1) is 24.2 Å². The number of rotatable bonds is 20. The molecule has 2 aromatic heterocycles. The first-order chi connectivity index (χ1) is 30.9. The summed E-state index contributed by atoms with van der Waals surface area (Å²) in [5.41, 5.74) is 9.71. The molecule has 0 saturated carbocycles. The monoisotopic (exact) mass is 893 g/mol. The number of carbonyl (C=O) groups is 3. The van der Waals surface area contributed by atoms with E-state index in [1.165, 1.54) is 57.6 Å². The van der Waals surface area contributed by atoms with Crippen LogP contribution in [0.5, 0.6) is 0 Å². The van der Waals surface area contributed by atoms with Crippen molar-refractivity contribution in [1.82, 2.24) is 20.6 Å². The topological polar surface area (TPSA) is 146 Å². The third kappa shape index (κ3) is 11.1. The second-order valence-electron chi connectivity index (χ2n) is 20.7. The lowest BCUT2D eigenvalue weighted by atomic mass is 9.80. The average Bonchev–Trinajstić information content (AvgIpc) is 4.00. The van der Waals surface area contributed by atoms with Gasteiger partial charge < -0.3 is 35.2 Å². The van der Waals surface area contributed by atoms with E-state index in [9.17, 15) is 19.5 Å². The van der Waals surface area contributed by atoms with Crippen molar-refractivity contribution in [3.8, 4) is 0 Å². The number of methoxy groups -OCH3 is 1. The molecule has 5 N–H and O–H groups in total. The summed E-state index contributed by atoms with van der Waals surface area (Å²) in [6, 6.07) is -0.438. The highest BCUT2D eigenvalue weighted by molar-refractivity contribution is 6.00. The van der Waals surface area contributed by atoms with Gasteiger partial charge in [-0.05, 0) is 118 Å². The summed E-state index contributed by atoms with van der Waals surface area (Å²) in [5, 5.41) is 20.8. The van der Waals surface area contributed by atoms with Gasteiger partial charge in [0.25, 0.3) is 0 Å². The lowest BCUT2D eigenvalue weighted by Gasteiger charge is -2.26. The number of esters is 2. The van der Waals surface area contributed by atoms with E-state index < -0.39 is 17.9 Å². The third-order valence-electron chi connectivity index (χ3n) is 15.4. The van der Waals surface area contributed by atoms with Crippen LogP contribution in [0.3, 0.4) is 0 Å². The molecule has 2 aromatic rings. The first kappa shape index (κ1) is 49.7. The summed E-state index contributed by atoms with van der Waals surface area (Å²) in [6.45, 7) is 23.9. The molecule has 4 aliphatic rings. The molecule has 10 heteroatoms. The first-order valence-corrected chi connectivity index (χ1v) is 24.9. The standard InChI is InChI=1S/C55H80N4O6/c1-13-39-34(7)41-29-46-48(38(11)60)36(9)43(57-46)27-42-35(8)40(52(58-42)50-51(55(63)64-12)54(62)49-37(10)44(59-53(49)50)28-45(39)56-41)23-24-47(61)65-26-25-33(6)22-16-21-32(5)20-15-19-31(4)18-14-17-30(2)3/h25,27-32,34-35,39-40,51-52,56-59,62H,13-24,26H2,1-12H3/b33-25+,41-29-,42-27-,45-28-/t31-,32-,34+,35-,39+,40-,51+,52?/m0/s1. The SMILES string of the molecule is CC[C@H]1/C2=C/c3[nH]c4c(c3C)=C(O)[C@H](C(=O)OC)C=4C3N/C(=C\c4[nH]c(c(C(C)=O)c4C)/C=C(\N2)[C@@H]1C)[C@@H](C)[C@@H]3CCC(=O)OC/C=C(\C)CCC[C@@H](C)CCC[C@@H](C)CCCC(C)C. The molecule has 6 rings (SSSR count). The van der Waals surface area contributed by atoms with Gasteiger partial charge in [-0.2, -0.15) is 0 Å². The smallest absolute Gasteiger partial charge is 0.320 e. The lowest BCUT2D eigenvalue weighted by molar-refractivity contribution is -0.143. The van der Waals surface area contributed by atoms with E-state index in [0.29, 0.717) is 28.1 Å². The molecule has 2 saturated heterocycles. The van der Waals surface area contributed by atoms with Gasteiger partial charge in [0, 0.05) is 63.4 Å². The summed E-state index contributed by atoms with van der Waals surface area (Å²) < 4.78 is 11.2. The predicted molar refractivity (Wildman–Crippen MR) is 264 cm³/mol. The van der Waals surface area contributed by atoms with Crippen molar-refractivity contribution in [2.24, 2.45) is 47.3 Å². The Labute approximate surface area is 389 Å². The van der Waals surface area contributed by atoms with Crippen LogP contribution in [0.2, 0.25) is 0 Å².